The van der Waals surface area contributed by atoms with Gasteiger partial charge in [0.2, 0.25) is 0 Å². The van der Waals surface area contributed by atoms with Gasteiger partial charge in [0.05, 0.1) is 30.3 Å². The number of hydrogen-bond donors (Lipinski definition) is 0. The number of imidazole rings is 1. The van der Waals surface area contributed by atoms with Crippen LogP contribution in [0.5, 0.6) is 11.5 Å². The molecule has 0 radical (unpaired) electrons. The second kappa shape index (κ2) is 11.0. The van der Waals surface area contributed by atoms with Crippen LogP contribution < -0.4 is 9.47 Å². The van der Waals surface area contributed by atoms with Gasteiger partial charge < -0.3 is 18.8 Å². The van der Waals surface area contributed by atoms with E-state index in [2.05, 4.69) is 39.8 Å². The lowest BCUT2D eigenvalue weighted by molar-refractivity contribution is -0.0593. The number of rotatable bonds is 7. The third kappa shape index (κ3) is 5.08. The van der Waals surface area contributed by atoms with Crippen LogP contribution in [0.1, 0.15) is 64.4 Å². The number of methoxy groups -OCH3 is 1. The molecule has 0 saturated carbocycles. The van der Waals surface area contributed by atoms with Crippen molar-refractivity contribution >= 4 is 28.8 Å². The number of benzene rings is 2. The van der Waals surface area contributed by atoms with Crippen molar-refractivity contribution in [3.63, 3.8) is 0 Å². The van der Waals surface area contributed by atoms with E-state index in [1.165, 1.54) is 11.6 Å². The van der Waals surface area contributed by atoms with E-state index in [1.54, 1.807) is 12.1 Å². The smallest absolute Gasteiger partial charge is 0.160 e. The van der Waals surface area contributed by atoms with Crippen LogP contribution in [0.4, 0.5) is 0 Å². The van der Waals surface area contributed by atoms with Crippen LogP contribution in [0.3, 0.4) is 0 Å². The topological polar surface area (TPSA) is 61.6 Å². The number of nitrogens with zero attached hydrogens (tertiary/aromatic N) is 4. The lowest BCUT2D eigenvalue weighted by Crippen LogP contribution is -2.36. The zero-order chi connectivity index (χ0) is 31.3. The first-order valence-electron chi connectivity index (χ1n) is 16.2. The normalized spacial score (nSPS) is 23.9. The number of aromatic nitrogens is 3. The zero-order valence-electron chi connectivity index (χ0n) is 27.0. The molecule has 2 saturated heterocycles. The van der Waals surface area contributed by atoms with E-state index in [4.69, 9.17) is 39.9 Å². The van der Waals surface area contributed by atoms with Crippen molar-refractivity contribution in [1.29, 1.82) is 0 Å². The highest BCUT2D eigenvalue weighted by Crippen LogP contribution is 2.45. The molecule has 7 rings (SSSR count). The first-order valence-corrected chi connectivity index (χ1v) is 15.1. The SMILES string of the molecule is [2H]C([2H])([2H])Oc1cc(Cl)ccc1[C@@]1(C)C=Cc2cccc(C3CCN(Cc4nc5ccc(C)nc5n4C[C@@H]4CCO4)CC3)c2O1. The average molecular weight is 588 g/mol. The minimum atomic E-state index is -2.62. The van der Waals surface area contributed by atoms with Crippen molar-refractivity contribution < 1.29 is 18.3 Å². The van der Waals surface area contributed by atoms with Crippen LogP contribution in [0.25, 0.3) is 17.2 Å². The van der Waals surface area contributed by atoms with Gasteiger partial charge in [-0.1, -0.05) is 35.9 Å². The summed E-state index contributed by atoms with van der Waals surface area (Å²) in [5, 5.41) is 0.396. The van der Waals surface area contributed by atoms with Crippen molar-refractivity contribution in [2.75, 3.05) is 26.7 Å². The molecule has 3 aliphatic heterocycles. The van der Waals surface area contributed by atoms with Crippen LogP contribution >= 0.6 is 11.6 Å². The van der Waals surface area contributed by atoms with Gasteiger partial charge in [-0.05, 0) is 94.1 Å². The third-order valence-corrected chi connectivity index (χ3v) is 9.18. The molecule has 4 aromatic rings. The Labute approximate surface area is 256 Å². The molecule has 2 aromatic heterocycles. The number of aryl methyl sites for hydroxylation is 1. The Bertz CT molecular complexity index is 1760. The second-order valence-electron chi connectivity index (χ2n) is 11.8. The van der Waals surface area contributed by atoms with Gasteiger partial charge in [-0.15, -0.1) is 0 Å². The molecule has 7 nitrogen and oxygen atoms in total. The largest absolute Gasteiger partial charge is 0.496 e. The minimum absolute atomic E-state index is 0.184. The molecular formula is C34H37ClN4O3. The van der Waals surface area contributed by atoms with Crippen LogP contribution in [0.2, 0.25) is 5.02 Å². The van der Waals surface area contributed by atoms with Gasteiger partial charge in [0.25, 0.3) is 0 Å². The number of fused-ring (bicyclic) bond motifs is 2. The highest BCUT2D eigenvalue weighted by molar-refractivity contribution is 6.30. The molecule has 42 heavy (non-hydrogen) atoms. The number of piperidine rings is 1. The summed E-state index contributed by atoms with van der Waals surface area (Å²) in [5.41, 5.74) is 4.70. The molecule has 0 amide bonds. The first-order chi connectivity index (χ1) is 21.5. The fourth-order valence-electron chi connectivity index (χ4n) is 6.46. The molecule has 2 aromatic carbocycles. The Hall–Kier alpha value is -3.39. The Kier molecular flexibility index (Phi) is 6.33. The highest BCUT2D eigenvalue weighted by atomic mass is 35.5. The summed E-state index contributed by atoms with van der Waals surface area (Å²) in [6.45, 7) is 8.19. The molecule has 0 spiro atoms. The summed E-state index contributed by atoms with van der Waals surface area (Å²) in [7, 11) is -2.62. The van der Waals surface area contributed by atoms with Gasteiger partial charge in [-0.2, -0.15) is 0 Å². The average Bonchev–Trinajstić information content (AvgIpc) is 3.29. The lowest BCUT2D eigenvalue weighted by atomic mass is 9.85. The van der Waals surface area contributed by atoms with E-state index >= 15 is 0 Å². The quantitative estimate of drug-likeness (QED) is 0.235. The van der Waals surface area contributed by atoms with Crippen molar-refractivity contribution in [2.45, 2.75) is 63.8 Å². The summed E-state index contributed by atoms with van der Waals surface area (Å²) < 4.78 is 43.2. The Morgan fingerprint density at radius 1 is 1.12 bits per heavy atom. The zero-order valence-corrected chi connectivity index (χ0v) is 24.7. The van der Waals surface area contributed by atoms with Gasteiger partial charge in [0, 0.05) is 28.5 Å². The van der Waals surface area contributed by atoms with Gasteiger partial charge >= 0.3 is 0 Å². The molecule has 2 atom stereocenters. The van der Waals surface area contributed by atoms with Crippen LogP contribution in [-0.2, 0) is 23.4 Å². The molecule has 5 heterocycles. The first kappa shape index (κ1) is 24.1. The third-order valence-electron chi connectivity index (χ3n) is 8.94. The molecule has 3 aliphatic rings. The minimum Gasteiger partial charge on any atom is -0.496 e. The van der Waals surface area contributed by atoms with Crippen LogP contribution in [-0.4, -0.2) is 52.3 Å². The van der Waals surface area contributed by atoms with E-state index in [0.29, 0.717) is 16.5 Å². The molecule has 8 heteroatoms. The molecule has 0 N–H and O–H groups in total. The van der Waals surface area contributed by atoms with Gasteiger partial charge in [-0.3, -0.25) is 4.90 Å². The van der Waals surface area contributed by atoms with Crippen molar-refractivity contribution in [2.24, 2.45) is 0 Å². The maximum atomic E-state index is 7.67. The standard InChI is InChI=1S/C34H37ClN4O3/c1-22-7-10-29-33(36-22)39(20-26-14-18-41-26)31(37-29)21-38-16-12-23(13-17-38)27-6-4-5-24-11-15-34(2,42-32(24)27)28-9-8-25(35)19-30(28)40-3/h4-11,15,19,23,26H,12-14,16-18,20-21H2,1-3H3/t26-,34+/m0/s1/i3D3. The van der Waals surface area contributed by atoms with Crippen molar-refractivity contribution in [3.05, 3.63) is 87.8 Å². The predicted molar refractivity (Wildman–Crippen MR) is 165 cm³/mol. The van der Waals surface area contributed by atoms with E-state index in [-0.39, 0.29) is 11.9 Å². The monoisotopic (exact) mass is 587 g/mol. The number of hydrogen-bond acceptors (Lipinski definition) is 6. The lowest BCUT2D eigenvalue weighted by Gasteiger charge is -2.37. The molecule has 0 unspecified atom stereocenters. The Morgan fingerprint density at radius 2 is 1.98 bits per heavy atom. The Balaban J connectivity index is 1.09. The van der Waals surface area contributed by atoms with Crippen molar-refractivity contribution in [1.82, 2.24) is 19.4 Å². The molecular weight excluding hydrogens is 548 g/mol. The fraction of sp³-hybridized carbons (Fsp3) is 0.412. The number of pyridine rings is 1. The maximum absolute atomic E-state index is 7.67. The molecule has 0 bridgehead atoms. The predicted octanol–water partition coefficient (Wildman–Crippen LogP) is 6.89. The second-order valence-corrected chi connectivity index (χ2v) is 12.3. The number of halogens is 1. The number of likely N-dealkylation sites (tertiary alicyclic amines) is 1. The van der Waals surface area contributed by atoms with Gasteiger partial charge in [0.15, 0.2) is 11.2 Å². The number of ether oxygens (including phenoxy) is 3. The van der Waals surface area contributed by atoms with Crippen LogP contribution in [0, 0.1) is 6.92 Å². The van der Waals surface area contributed by atoms with E-state index < -0.39 is 12.6 Å². The maximum Gasteiger partial charge on any atom is 0.160 e. The van der Waals surface area contributed by atoms with E-state index in [0.717, 1.165) is 86.0 Å². The highest BCUT2D eigenvalue weighted by Gasteiger charge is 2.35. The summed E-state index contributed by atoms with van der Waals surface area (Å²) in [6, 6.07) is 15.4. The van der Waals surface area contributed by atoms with E-state index in [1.807, 2.05) is 26.0 Å². The summed E-state index contributed by atoms with van der Waals surface area (Å²) >= 11 is 6.23. The van der Waals surface area contributed by atoms with Gasteiger partial charge in [0.1, 0.15) is 22.8 Å². The van der Waals surface area contributed by atoms with Crippen molar-refractivity contribution in [3.8, 4) is 11.5 Å². The summed E-state index contributed by atoms with van der Waals surface area (Å²) in [5.74, 6) is 2.38. The van der Waals surface area contributed by atoms with Crippen LogP contribution in [0.15, 0.2) is 54.6 Å². The van der Waals surface area contributed by atoms with Gasteiger partial charge in [-0.25, -0.2) is 9.97 Å². The van der Waals surface area contributed by atoms with E-state index in [9.17, 15) is 0 Å². The Morgan fingerprint density at radius 3 is 2.76 bits per heavy atom. The molecule has 218 valence electrons. The summed E-state index contributed by atoms with van der Waals surface area (Å²) in [4.78, 5) is 12.3. The molecule has 0 aliphatic carbocycles. The fourth-order valence-corrected chi connectivity index (χ4v) is 6.63. The summed E-state index contributed by atoms with van der Waals surface area (Å²) in [6.07, 6.45) is 7.27. The number of para-hydroxylation sites is 1. The molecule has 2 fully saturated rings.